The fourth-order valence-electron chi connectivity index (χ4n) is 3.80. The lowest BCUT2D eigenvalue weighted by molar-refractivity contribution is -0.190. The van der Waals surface area contributed by atoms with E-state index in [1.807, 2.05) is 0 Å². The van der Waals surface area contributed by atoms with Crippen LogP contribution in [0.15, 0.2) is 30.3 Å². The van der Waals surface area contributed by atoms with Crippen molar-refractivity contribution >= 4 is 27.6 Å². The first-order chi connectivity index (χ1) is 13.0. The van der Waals surface area contributed by atoms with Gasteiger partial charge in [-0.25, -0.2) is 13.2 Å². The van der Waals surface area contributed by atoms with Gasteiger partial charge in [0.2, 0.25) is 11.6 Å². The molecule has 0 aliphatic carbocycles. The molecule has 2 aliphatic heterocycles. The van der Waals surface area contributed by atoms with Gasteiger partial charge >= 0.3 is 5.97 Å². The van der Waals surface area contributed by atoms with E-state index in [4.69, 9.17) is 9.47 Å². The zero-order valence-corrected chi connectivity index (χ0v) is 16.8. The summed E-state index contributed by atoms with van der Waals surface area (Å²) in [6, 6.07) is 8.77. The van der Waals surface area contributed by atoms with Crippen LogP contribution in [0.25, 0.3) is 0 Å². The van der Waals surface area contributed by atoms with E-state index in [1.54, 1.807) is 30.3 Å². The van der Waals surface area contributed by atoms with Gasteiger partial charge in [0.15, 0.2) is 21.3 Å². The van der Waals surface area contributed by atoms with Gasteiger partial charge in [0, 0.05) is 14.0 Å². The second-order valence-corrected chi connectivity index (χ2v) is 9.86. The van der Waals surface area contributed by atoms with E-state index < -0.39 is 49.5 Å². The lowest BCUT2D eigenvalue weighted by Gasteiger charge is -2.48. The molecule has 3 atom stereocenters. The van der Waals surface area contributed by atoms with E-state index in [9.17, 15) is 22.8 Å². The van der Waals surface area contributed by atoms with Crippen LogP contribution in [0.5, 0.6) is 0 Å². The zero-order chi connectivity index (χ0) is 20.9. The highest BCUT2D eigenvalue weighted by Crippen LogP contribution is 2.52. The monoisotopic (exact) mass is 410 g/mol. The predicted octanol–water partition coefficient (Wildman–Crippen LogP) is -0.0475. The van der Waals surface area contributed by atoms with Gasteiger partial charge in [-0.15, -0.1) is 0 Å². The Morgan fingerprint density at radius 1 is 1.21 bits per heavy atom. The van der Waals surface area contributed by atoms with Gasteiger partial charge in [-0.3, -0.25) is 14.5 Å². The minimum Gasteiger partial charge on any atom is -0.458 e. The zero-order valence-electron chi connectivity index (χ0n) is 16.0. The minimum atomic E-state index is -4.08. The van der Waals surface area contributed by atoms with Crippen molar-refractivity contribution in [1.29, 1.82) is 0 Å². The van der Waals surface area contributed by atoms with Gasteiger partial charge in [-0.1, -0.05) is 30.3 Å². The van der Waals surface area contributed by atoms with Gasteiger partial charge in [-0.05, 0) is 19.4 Å². The van der Waals surface area contributed by atoms with Crippen LogP contribution in [-0.2, 0) is 40.3 Å². The van der Waals surface area contributed by atoms with Gasteiger partial charge in [0.25, 0.3) is 5.91 Å². The second kappa shape index (κ2) is 6.56. The summed E-state index contributed by atoms with van der Waals surface area (Å²) < 4.78 is 34.8. The number of ether oxygens (including phenoxy) is 2. The van der Waals surface area contributed by atoms with Crippen molar-refractivity contribution in [3.63, 3.8) is 0 Å². The Morgan fingerprint density at radius 2 is 1.82 bits per heavy atom. The van der Waals surface area contributed by atoms with Crippen molar-refractivity contribution in [2.24, 2.45) is 0 Å². The Balaban J connectivity index is 2.06. The largest absolute Gasteiger partial charge is 0.458 e. The Labute approximate surface area is 162 Å². The maximum absolute atomic E-state index is 13.2. The Kier molecular flexibility index (Phi) is 4.75. The summed E-state index contributed by atoms with van der Waals surface area (Å²) in [4.78, 5) is 38.6. The molecule has 1 N–H and O–H groups in total. The van der Waals surface area contributed by atoms with E-state index in [0.717, 1.165) is 11.8 Å². The first kappa shape index (κ1) is 20.3. The van der Waals surface area contributed by atoms with Crippen molar-refractivity contribution in [3.8, 4) is 0 Å². The van der Waals surface area contributed by atoms with Crippen LogP contribution in [0.2, 0.25) is 0 Å². The molecule has 2 aliphatic rings. The number of nitrogens with one attached hydrogen (secondary N) is 1. The third-order valence-corrected chi connectivity index (χ3v) is 8.19. The summed E-state index contributed by atoms with van der Waals surface area (Å²) in [6.45, 7) is 3.58. The molecule has 0 radical (unpaired) electrons. The quantitative estimate of drug-likeness (QED) is 0.534. The number of rotatable bonds is 5. The number of hydrogen-bond acceptors (Lipinski definition) is 7. The first-order valence-electron chi connectivity index (χ1n) is 8.61. The molecule has 2 amide bonds. The maximum Gasteiger partial charge on any atom is 0.355 e. The molecule has 0 unspecified atom stereocenters. The molecule has 2 fully saturated rings. The number of β-lactam (4-membered cyclic amide) rings is 1. The molecule has 2 heterocycles. The summed E-state index contributed by atoms with van der Waals surface area (Å²) in [5, 5.41) is 1.02. The van der Waals surface area contributed by atoms with Gasteiger partial charge in [0.1, 0.15) is 11.4 Å². The van der Waals surface area contributed by atoms with Crippen LogP contribution >= 0.6 is 0 Å². The van der Waals surface area contributed by atoms with Crippen LogP contribution < -0.4 is 5.32 Å². The number of sulfone groups is 1. The van der Waals surface area contributed by atoms with Crippen molar-refractivity contribution in [3.05, 3.63) is 35.9 Å². The van der Waals surface area contributed by atoms with Crippen LogP contribution in [0.4, 0.5) is 0 Å². The fraction of sp³-hybridized carbons (Fsp3) is 0.500. The number of fused-ring (bicyclic) bond motifs is 1. The molecule has 10 heteroatoms. The van der Waals surface area contributed by atoms with E-state index in [0.29, 0.717) is 5.56 Å². The van der Waals surface area contributed by atoms with Gasteiger partial charge in [-0.2, -0.15) is 0 Å². The average molecular weight is 410 g/mol. The number of hydrogen-bond donors (Lipinski definition) is 1. The summed E-state index contributed by atoms with van der Waals surface area (Å²) in [7, 11) is -2.86. The van der Waals surface area contributed by atoms with Gasteiger partial charge < -0.3 is 14.8 Å². The molecule has 0 spiro atoms. The Morgan fingerprint density at radius 3 is 2.36 bits per heavy atom. The second-order valence-electron chi connectivity index (χ2n) is 7.26. The number of carbonyl (C=O) groups is 3. The normalized spacial score (nSPS) is 29.6. The Hall–Kier alpha value is -2.46. The van der Waals surface area contributed by atoms with Gasteiger partial charge in [0.05, 0.1) is 0 Å². The molecule has 0 bridgehead atoms. The number of benzene rings is 1. The van der Waals surface area contributed by atoms with Crippen molar-refractivity contribution in [1.82, 2.24) is 10.2 Å². The summed E-state index contributed by atoms with van der Waals surface area (Å²) in [5.41, 5.74) is -1.52. The van der Waals surface area contributed by atoms with Crippen LogP contribution in [0.1, 0.15) is 26.3 Å². The van der Waals surface area contributed by atoms with E-state index in [2.05, 4.69) is 5.32 Å². The average Bonchev–Trinajstić information content (AvgIpc) is 2.74. The van der Waals surface area contributed by atoms with Crippen molar-refractivity contribution in [2.45, 2.75) is 49.3 Å². The summed E-state index contributed by atoms with van der Waals surface area (Å²) in [5.74, 6) is -2.40. The van der Waals surface area contributed by atoms with E-state index in [-0.39, 0.29) is 6.61 Å². The number of esters is 1. The summed E-state index contributed by atoms with van der Waals surface area (Å²) >= 11 is 0. The number of carbonyl (C=O) groups excluding carboxylic acids is 3. The molecule has 2 saturated heterocycles. The maximum atomic E-state index is 13.2. The number of nitrogens with zero attached hydrogens (tertiary/aromatic N) is 1. The van der Waals surface area contributed by atoms with Crippen LogP contribution in [0, 0.1) is 0 Å². The van der Waals surface area contributed by atoms with Crippen LogP contribution in [-0.4, -0.2) is 60.1 Å². The highest BCUT2D eigenvalue weighted by molar-refractivity contribution is 7.94. The molecule has 1 aromatic rings. The van der Waals surface area contributed by atoms with Crippen molar-refractivity contribution in [2.75, 3.05) is 7.11 Å². The topological polar surface area (TPSA) is 119 Å². The SMILES string of the molecule is CO[C@H]1C(=O)N2[C@@H]1S(=O)(=O)C(C)(C)[C@]2(NC(C)=O)C(=O)OCc1ccccc1. The molecular formula is C18H22N2O7S. The highest BCUT2D eigenvalue weighted by Gasteiger charge is 2.81. The number of methoxy groups -OCH3 is 1. The molecule has 9 nitrogen and oxygen atoms in total. The fourth-order valence-corrected chi connectivity index (χ4v) is 6.14. The smallest absolute Gasteiger partial charge is 0.355 e. The summed E-state index contributed by atoms with van der Waals surface area (Å²) in [6.07, 6.45) is -1.23. The third kappa shape index (κ3) is 2.47. The first-order valence-corrected chi connectivity index (χ1v) is 10.2. The van der Waals surface area contributed by atoms with Crippen molar-refractivity contribution < 1.29 is 32.3 Å². The molecule has 152 valence electrons. The predicted molar refractivity (Wildman–Crippen MR) is 97.2 cm³/mol. The lowest BCUT2D eigenvalue weighted by atomic mass is 9.89. The molecule has 3 rings (SSSR count). The molecular weight excluding hydrogens is 388 g/mol. The highest BCUT2D eigenvalue weighted by atomic mass is 32.2. The third-order valence-electron chi connectivity index (χ3n) is 5.38. The Bertz CT molecular complexity index is 929. The number of amides is 2. The molecule has 28 heavy (non-hydrogen) atoms. The lowest BCUT2D eigenvalue weighted by Crippen LogP contribution is -2.78. The van der Waals surface area contributed by atoms with Crippen LogP contribution in [0.3, 0.4) is 0 Å². The molecule has 0 aromatic heterocycles. The molecule has 1 aromatic carbocycles. The standard InChI is InChI=1S/C18H22N2O7S/c1-11(21)19-18(16(23)27-10-12-8-6-5-7-9-12)17(2,3)28(24,25)15-13(26-4)14(22)20(15)18/h5-9,13,15H,10H2,1-4H3,(H,19,21)/t13-,15+,18-/m0/s1. The van der Waals surface area contributed by atoms with E-state index in [1.165, 1.54) is 21.0 Å². The minimum absolute atomic E-state index is 0.141. The molecule has 0 saturated carbocycles. The van der Waals surface area contributed by atoms with E-state index >= 15 is 0 Å².